The summed E-state index contributed by atoms with van der Waals surface area (Å²) in [6.07, 6.45) is 2.73. The van der Waals surface area contributed by atoms with Gasteiger partial charge in [-0.15, -0.1) is 0 Å². The monoisotopic (exact) mass is 431 g/mol. The highest BCUT2D eigenvalue weighted by molar-refractivity contribution is 6.74. The van der Waals surface area contributed by atoms with Crippen LogP contribution in [-0.2, 0) is 0 Å². The molecule has 2 aromatic rings. The van der Waals surface area contributed by atoms with Crippen molar-refractivity contribution in [3.63, 3.8) is 0 Å². The van der Waals surface area contributed by atoms with Crippen LogP contribution in [0.5, 0.6) is 5.75 Å². The van der Waals surface area contributed by atoms with Crippen molar-refractivity contribution in [2.45, 2.75) is 38.9 Å². The SMILES string of the molecule is CC(C)(C)[Si](C)(C)Oc1ccc(-c2cc(F)cnc2NC(=O)N2CCNCC2)nc1. The van der Waals surface area contributed by atoms with Crippen LogP contribution in [0.4, 0.5) is 15.0 Å². The minimum absolute atomic E-state index is 0.0690. The maximum absolute atomic E-state index is 13.9. The molecule has 0 atom stereocenters. The number of amides is 2. The number of carbonyl (C=O) groups excluding carboxylic acids is 1. The van der Waals surface area contributed by atoms with Gasteiger partial charge in [0.15, 0.2) is 0 Å². The third-order valence-electron chi connectivity index (χ3n) is 5.68. The molecule has 2 N–H and O–H groups in total. The topological polar surface area (TPSA) is 79.4 Å². The first-order valence-electron chi connectivity index (χ1n) is 10.1. The van der Waals surface area contributed by atoms with Gasteiger partial charge in [0, 0.05) is 31.7 Å². The fourth-order valence-corrected chi connectivity index (χ4v) is 3.85. The third-order valence-corrected chi connectivity index (χ3v) is 10.0. The lowest BCUT2D eigenvalue weighted by molar-refractivity contribution is 0.204. The summed E-state index contributed by atoms with van der Waals surface area (Å²) >= 11 is 0. The molecular weight excluding hydrogens is 401 g/mol. The van der Waals surface area contributed by atoms with Crippen LogP contribution in [0.15, 0.2) is 30.6 Å². The van der Waals surface area contributed by atoms with E-state index in [0.29, 0.717) is 30.1 Å². The predicted octanol–water partition coefficient (Wildman–Crippen LogP) is 4.10. The molecule has 7 nitrogen and oxygen atoms in total. The van der Waals surface area contributed by atoms with E-state index in [1.54, 1.807) is 17.2 Å². The Balaban J connectivity index is 1.81. The molecule has 3 rings (SSSR count). The smallest absolute Gasteiger partial charge is 0.323 e. The maximum Gasteiger partial charge on any atom is 0.323 e. The van der Waals surface area contributed by atoms with Gasteiger partial charge in [0.05, 0.1) is 18.1 Å². The summed E-state index contributed by atoms with van der Waals surface area (Å²) in [6, 6.07) is 4.67. The van der Waals surface area contributed by atoms with Crippen molar-refractivity contribution in [3.8, 4) is 17.0 Å². The molecule has 0 unspecified atom stereocenters. The quantitative estimate of drug-likeness (QED) is 0.713. The van der Waals surface area contributed by atoms with Gasteiger partial charge in [0.25, 0.3) is 8.32 Å². The Morgan fingerprint density at radius 1 is 1.20 bits per heavy atom. The van der Waals surface area contributed by atoms with E-state index in [4.69, 9.17) is 4.43 Å². The van der Waals surface area contributed by atoms with Crippen LogP contribution in [0.3, 0.4) is 0 Å². The third kappa shape index (κ3) is 5.14. The number of aromatic nitrogens is 2. The van der Waals surface area contributed by atoms with E-state index in [0.717, 1.165) is 19.3 Å². The summed E-state index contributed by atoms with van der Waals surface area (Å²) in [5.41, 5.74) is 0.942. The average molecular weight is 432 g/mol. The lowest BCUT2D eigenvalue weighted by Crippen LogP contribution is -2.48. The standard InChI is InChI=1S/C21H30FN5O2Si/c1-21(2,3)30(4,5)29-16-6-7-18(24-14-16)17-12-15(22)13-25-19(17)26-20(28)27-10-8-23-9-11-27/h6-7,12-14,23H,8-11H2,1-5H3,(H,25,26,28). The van der Waals surface area contributed by atoms with Gasteiger partial charge in [-0.25, -0.2) is 14.2 Å². The Morgan fingerprint density at radius 2 is 1.90 bits per heavy atom. The van der Waals surface area contributed by atoms with Crippen LogP contribution in [0.25, 0.3) is 11.3 Å². The molecule has 3 heterocycles. The van der Waals surface area contributed by atoms with Crippen molar-refractivity contribution in [2.24, 2.45) is 0 Å². The van der Waals surface area contributed by atoms with Crippen molar-refractivity contribution in [1.82, 2.24) is 20.2 Å². The van der Waals surface area contributed by atoms with Gasteiger partial charge in [-0.2, -0.15) is 0 Å². The Morgan fingerprint density at radius 3 is 2.50 bits per heavy atom. The van der Waals surface area contributed by atoms with Crippen molar-refractivity contribution in [1.29, 1.82) is 0 Å². The molecule has 162 valence electrons. The number of piperazine rings is 1. The fourth-order valence-electron chi connectivity index (χ4n) is 2.83. The van der Waals surface area contributed by atoms with E-state index in [1.165, 1.54) is 6.07 Å². The van der Waals surface area contributed by atoms with E-state index in [2.05, 4.69) is 54.5 Å². The Labute approximate surface area is 178 Å². The second kappa shape index (κ2) is 8.69. The van der Waals surface area contributed by atoms with E-state index in [1.807, 2.05) is 6.07 Å². The molecule has 30 heavy (non-hydrogen) atoms. The lowest BCUT2D eigenvalue weighted by Gasteiger charge is -2.36. The largest absolute Gasteiger partial charge is 0.542 e. The van der Waals surface area contributed by atoms with E-state index in [-0.39, 0.29) is 16.9 Å². The number of anilines is 1. The van der Waals surface area contributed by atoms with Gasteiger partial charge in [-0.05, 0) is 36.3 Å². The highest BCUT2D eigenvalue weighted by atomic mass is 28.4. The summed E-state index contributed by atoms with van der Waals surface area (Å²) < 4.78 is 20.2. The molecule has 9 heteroatoms. The number of halogens is 1. The predicted molar refractivity (Wildman–Crippen MR) is 119 cm³/mol. The van der Waals surface area contributed by atoms with Gasteiger partial charge in [0.1, 0.15) is 17.4 Å². The molecule has 1 saturated heterocycles. The maximum atomic E-state index is 13.9. The van der Waals surface area contributed by atoms with Gasteiger partial charge < -0.3 is 14.6 Å². The molecular formula is C21H30FN5O2Si. The molecule has 1 fully saturated rings. The Bertz CT molecular complexity index is 893. The minimum atomic E-state index is -1.98. The van der Waals surface area contributed by atoms with Crippen molar-refractivity contribution in [3.05, 3.63) is 36.4 Å². The van der Waals surface area contributed by atoms with Gasteiger partial charge in [-0.1, -0.05) is 20.8 Å². The molecule has 0 aliphatic carbocycles. The van der Waals surface area contributed by atoms with E-state index < -0.39 is 14.1 Å². The summed E-state index contributed by atoms with van der Waals surface area (Å²) in [5.74, 6) is 0.472. The summed E-state index contributed by atoms with van der Waals surface area (Å²) in [4.78, 5) is 22.8. The Kier molecular flexibility index (Phi) is 6.42. The van der Waals surface area contributed by atoms with Crippen molar-refractivity contribution < 1.29 is 13.6 Å². The van der Waals surface area contributed by atoms with E-state index >= 15 is 0 Å². The molecule has 0 radical (unpaired) electrons. The number of hydrogen-bond donors (Lipinski definition) is 2. The number of rotatable bonds is 4. The van der Waals surface area contributed by atoms with Crippen molar-refractivity contribution in [2.75, 3.05) is 31.5 Å². The first-order valence-corrected chi connectivity index (χ1v) is 13.1. The van der Waals surface area contributed by atoms with Crippen LogP contribution in [0.1, 0.15) is 20.8 Å². The molecule has 0 bridgehead atoms. The van der Waals surface area contributed by atoms with Crippen LogP contribution >= 0.6 is 0 Å². The minimum Gasteiger partial charge on any atom is -0.542 e. The zero-order chi connectivity index (χ0) is 21.9. The summed E-state index contributed by atoms with van der Waals surface area (Å²) in [7, 11) is -1.98. The highest BCUT2D eigenvalue weighted by Gasteiger charge is 2.39. The molecule has 2 amide bonds. The molecule has 0 spiro atoms. The molecule has 1 aliphatic rings. The molecule has 1 aliphatic heterocycles. The van der Waals surface area contributed by atoms with Gasteiger partial charge in [0.2, 0.25) is 0 Å². The van der Waals surface area contributed by atoms with Crippen LogP contribution in [0.2, 0.25) is 18.1 Å². The highest BCUT2D eigenvalue weighted by Crippen LogP contribution is 2.37. The number of nitrogens with one attached hydrogen (secondary N) is 2. The number of pyridine rings is 2. The Hall–Kier alpha value is -2.52. The molecule has 2 aromatic heterocycles. The summed E-state index contributed by atoms with van der Waals surface area (Å²) in [5, 5.41) is 6.07. The first-order chi connectivity index (χ1) is 14.1. The lowest BCUT2D eigenvalue weighted by atomic mass is 10.1. The second-order valence-electron chi connectivity index (χ2n) is 8.96. The number of hydrogen-bond acceptors (Lipinski definition) is 5. The van der Waals surface area contributed by atoms with Crippen LogP contribution in [-0.4, -0.2) is 55.4 Å². The fraction of sp³-hybridized carbons (Fsp3) is 0.476. The summed E-state index contributed by atoms with van der Waals surface area (Å²) in [6.45, 7) is 13.6. The van der Waals surface area contributed by atoms with Gasteiger partial charge in [-0.3, -0.25) is 10.3 Å². The number of nitrogens with zero attached hydrogens (tertiary/aromatic N) is 3. The van der Waals surface area contributed by atoms with Crippen LogP contribution in [0, 0.1) is 5.82 Å². The second-order valence-corrected chi connectivity index (χ2v) is 13.7. The number of carbonyl (C=O) groups is 1. The average Bonchev–Trinajstić information content (AvgIpc) is 2.69. The number of urea groups is 1. The first kappa shape index (κ1) is 22.2. The van der Waals surface area contributed by atoms with Gasteiger partial charge >= 0.3 is 6.03 Å². The van der Waals surface area contributed by atoms with Crippen molar-refractivity contribution >= 4 is 20.2 Å². The normalized spacial score (nSPS) is 15.1. The molecule has 0 saturated carbocycles. The van der Waals surface area contributed by atoms with E-state index in [9.17, 15) is 9.18 Å². The van der Waals surface area contributed by atoms with Crippen LogP contribution < -0.4 is 15.1 Å². The zero-order valence-corrected chi connectivity index (χ0v) is 19.3. The molecule has 0 aromatic carbocycles. The zero-order valence-electron chi connectivity index (χ0n) is 18.3.